The summed E-state index contributed by atoms with van der Waals surface area (Å²) in [5, 5.41) is 19.4. The van der Waals surface area contributed by atoms with E-state index in [1.54, 1.807) is 18.2 Å². The van der Waals surface area contributed by atoms with Crippen LogP contribution in [0.2, 0.25) is 10.0 Å². The van der Waals surface area contributed by atoms with Crippen LogP contribution >= 0.6 is 23.2 Å². The highest BCUT2D eigenvalue weighted by Crippen LogP contribution is 2.29. The third kappa shape index (κ3) is 3.36. The fraction of sp³-hybridized carbons (Fsp3) is 0.0769. The summed E-state index contributed by atoms with van der Waals surface area (Å²) in [5.41, 5.74) is 1.42. The van der Waals surface area contributed by atoms with E-state index in [9.17, 15) is 9.90 Å². The van der Waals surface area contributed by atoms with Gasteiger partial charge in [-0.2, -0.15) is 0 Å². The minimum Gasteiger partial charge on any atom is -0.506 e. The molecule has 4 nitrogen and oxygen atoms in total. The number of carboxylic acids is 1. The largest absolute Gasteiger partial charge is 0.506 e. The van der Waals surface area contributed by atoms with Crippen molar-refractivity contribution in [1.29, 1.82) is 0 Å². The molecule has 1 aromatic carbocycles. The van der Waals surface area contributed by atoms with Crippen molar-refractivity contribution < 1.29 is 15.0 Å². The molecule has 0 aliphatic heterocycles. The zero-order valence-corrected chi connectivity index (χ0v) is 11.1. The van der Waals surface area contributed by atoms with Crippen LogP contribution in [0.25, 0.3) is 11.1 Å². The number of aliphatic carboxylic acids is 1. The first-order valence-corrected chi connectivity index (χ1v) is 6.07. The second-order valence-corrected chi connectivity index (χ2v) is 4.79. The molecular formula is C13H9Cl2NO3. The molecule has 0 amide bonds. The van der Waals surface area contributed by atoms with E-state index in [-0.39, 0.29) is 17.9 Å². The lowest BCUT2D eigenvalue weighted by Crippen LogP contribution is -2.02. The van der Waals surface area contributed by atoms with E-state index in [1.807, 2.05) is 0 Å². The van der Waals surface area contributed by atoms with E-state index in [0.717, 1.165) is 0 Å². The van der Waals surface area contributed by atoms with E-state index in [0.29, 0.717) is 21.2 Å². The van der Waals surface area contributed by atoms with Crippen LogP contribution in [0.15, 0.2) is 30.5 Å². The van der Waals surface area contributed by atoms with Gasteiger partial charge in [-0.15, -0.1) is 0 Å². The van der Waals surface area contributed by atoms with Crippen LogP contribution in [0.3, 0.4) is 0 Å². The number of benzene rings is 1. The Morgan fingerprint density at radius 1 is 1.11 bits per heavy atom. The van der Waals surface area contributed by atoms with Gasteiger partial charge in [0.05, 0.1) is 12.1 Å². The van der Waals surface area contributed by atoms with Crippen molar-refractivity contribution in [1.82, 2.24) is 4.98 Å². The smallest absolute Gasteiger partial charge is 0.309 e. The normalized spacial score (nSPS) is 10.4. The number of halogens is 2. The van der Waals surface area contributed by atoms with Crippen molar-refractivity contribution >= 4 is 29.2 Å². The second kappa shape index (κ2) is 5.47. The van der Waals surface area contributed by atoms with Gasteiger partial charge in [-0.3, -0.25) is 9.78 Å². The Hall–Kier alpha value is -1.78. The Morgan fingerprint density at radius 3 is 2.26 bits per heavy atom. The Morgan fingerprint density at radius 2 is 1.74 bits per heavy atom. The maximum Gasteiger partial charge on any atom is 0.309 e. The number of pyridine rings is 1. The minimum absolute atomic E-state index is 0.115. The minimum atomic E-state index is -1.05. The maximum absolute atomic E-state index is 10.6. The molecule has 0 atom stereocenters. The van der Waals surface area contributed by atoms with Crippen molar-refractivity contribution in [3.05, 3.63) is 46.2 Å². The summed E-state index contributed by atoms with van der Waals surface area (Å²) in [4.78, 5) is 14.5. The fourth-order valence-corrected chi connectivity index (χ4v) is 2.17. The molecule has 6 heteroatoms. The molecule has 1 heterocycles. The lowest BCUT2D eigenvalue weighted by molar-refractivity contribution is -0.136. The Kier molecular flexibility index (Phi) is 3.93. The molecule has 1 aromatic heterocycles. The molecule has 0 aliphatic carbocycles. The highest BCUT2D eigenvalue weighted by Gasteiger charge is 2.10. The summed E-state index contributed by atoms with van der Waals surface area (Å²) in [6, 6.07) is 6.40. The predicted molar refractivity (Wildman–Crippen MR) is 72.7 cm³/mol. The van der Waals surface area contributed by atoms with Crippen molar-refractivity contribution in [2.75, 3.05) is 0 Å². The Bertz CT molecular complexity index is 624. The average molecular weight is 298 g/mol. The summed E-state index contributed by atoms with van der Waals surface area (Å²) in [7, 11) is 0. The number of rotatable bonds is 3. The molecule has 0 aliphatic rings. The van der Waals surface area contributed by atoms with Gasteiger partial charge in [0, 0.05) is 21.8 Å². The number of aromatic nitrogens is 1. The summed E-state index contributed by atoms with van der Waals surface area (Å²) in [5.74, 6) is -1.22. The third-order valence-electron chi connectivity index (χ3n) is 2.46. The quantitative estimate of drug-likeness (QED) is 0.911. The van der Waals surface area contributed by atoms with Crippen LogP contribution in [0.4, 0.5) is 0 Å². The molecule has 0 radical (unpaired) electrons. The molecule has 0 fully saturated rings. The van der Waals surface area contributed by atoms with Crippen LogP contribution in [-0.4, -0.2) is 21.2 Å². The summed E-state index contributed by atoms with van der Waals surface area (Å²) in [6.45, 7) is 0. The van der Waals surface area contributed by atoms with Crippen molar-refractivity contribution in [3.8, 4) is 16.9 Å². The molecular weight excluding hydrogens is 289 g/mol. The lowest BCUT2D eigenvalue weighted by atomic mass is 10.1. The van der Waals surface area contributed by atoms with Gasteiger partial charge in [-0.25, -0.2) is 0 Å². The van der Waals surface area contributed by atoms with Gasteiger partial charge in [-0.1, -0.05) is 23.2 Å². The first-order chi connectivity index (χ1) is 8.95. The molecule has 98 valence electrons. The van der Waals surface area contributed by atoms with Crippen molar-refractivity contribution in [3.63, 3.8) is 0 Å². The highest BCUT2D eigenvalue weighted by molar-refractivity contribution is 6.35. The summed E-state index contributed by atoms with van der Waals surface area (Å²) in [6.07, 6.45) is 1.14. The van der Waals surface area contributed by atoms with E-state index >= 15 is 0 Å². The lowest BCUT2D eigenvalue weighted by Gasteiger charge is -2.06. The van der Waals surface area contributed by atoms with Crippen molar-refractivity contribution in [2.45, 2.75) is 6.42 Å². The number of aromatic hydroxyl groups is 1. The van der Waals surface area contributed by atoms with Crippen LogP contribution in [0.1, 0.15) is 5.69 Å². The molecule has 2 N–H and O–H groups in total. The summed E-state index contributed by atoms with van der Waals surface area (Å²) >= 11 is 11.8. The highest BCUT2D eigenvalue weighted by atomic mass is 35.5. The van der Waals surface area contributed by atoms with Crippen LogP contribution in [-0.2, 0) is 11.2 Å². The molecule has 2 aromatic rings. The topological polar surface area (TPSA) is 70.4 Å². The number of carboxylic acid groups (broad SMARTS) is 1. The van der Waals surface area contributed by atoms with E-state index in [2.05, 4.69) is 4.98 Å². The number of nitrogens with zero attached hydrogens (tertiary/aromatic N) is 1. The first kappa shape index (κ1) is 13.6. The number of hydrogen-bond acceptors (Lipinski definition) is 3. The standard InChI is InChI=1S/C13H9Cl2NO3/c14-9-1-7(2-10(15)4-9)8-3-12(17)11(16-6-8)5-13(18)19/h1-4,6,17H,5H2,(H,18,19). The van der Waals surface area contributed by atoms with Gasteiger partial charge in [0.25, 0.3) is 0 Å². The van der Waals surface area contributed by atoms with E-state index < -0.39 is 5.97 Å². The van der Waals surface area contributed by atoms with Crippen LogP contribution < -0.4 is 0 Å². The Labute approximate surface area is 119 Å². The molecule has 0 bridgehead atoms. The van der Waals surface area contributed by atoms with Gasteiger partial charge in [0.15, 0.2) is 0 Å². The molecule has 0 saturated heterocycles. The van der Waals surface area contributed by atoms with E-state index in [4.69, 9.17) is 28.3 Å². The zero-order chi connectivity index (χ0) is 14.0. The van der Waals surface area contributed by atoms with Gasteiger partial charge in [0.2, 0.25) is 0 Å². The Balaban J connectivity index is 2.41. The molecule has 0 spiro atoms. The monoisotopic (exact) mass is 297 g/mol. The first-order valence-electron chi connectivity index (χ1n) is 5.32. The van der Waals surface area contributed by atoms with Gasteiger partial charge < -0.3 is 10.2 Å². The van der Waals surface area contributed by atoms with Crippen LogP contribution in [0, 0.1) is 0 Å². The molecule has 0 unspecified atom stereocenters. The maximum atomic E-state index is 10.6. The fourth-order valence-electron chi connectivity index (χ4n) is 1.64. The van der Waals surface area contributed by atoms with E-state index in [1.165, 1.54) is 12.3 Å². The van der Waals surface area contributed by atoms with Gasteiger partial charge in [-0.05, 0) is 29.8 Å². The predicted octanol–water partition coefficient (Wildman–Crippen LogP) is 3.39. The number of hydrogen-bond donors (Lipinski definition) is 2. The average Bonchev–Trinajstić information content (AvgIpc) is 2.30. The van der Waals surface area contributed by atoms with Gasteiger partial charge in [0.1, 0.15) is 5.75 Å². The van der Waals surface area contributed by atoms with Crippen molar-refractivity contribution in [2.24, 2.45) is 0 Å². The SMILES string of the molecule is O=C(O)Cc1ncc(-c2cc(Cl)cc(Cl)c2)cc1O. The molecule has 2 rings (SSSR count). The number of carbonyl (C=O) groups is 1. The molecule has 19 heavy (non-hydrogen) atoms. The third-order valence-corrected chi connectivity index (χ3v) is 2.90. The van der Waals surface area contributed by atoms with Crippen LogP contribution in [0.5, 0.6) is 5.75 Å². The molecule has 0 saturated carbocycles. The zero-order valence-electron chi connectivity index (χ0n) is 9.60. The summed E-state index contributed by atoms with van der Waals surface area (Å²) < 4.78 is 0. The second-order valence-electron chi connectivity index (χ2n) is 3.92. The van der Waals surface area contributed by atoms with Gasteiger partial charge >= 0.3 is 5.97 Å².